The van der Waals surface area contributed by atoms with Crippen LogP contribution in [0.25, 0.3) is 11.3 Å². The zero-order valence-electron chi connectivity index (χ0n) is 25.3. The number of hydrogen-bond donors (Lipinski definition) is 1. The molecule has 47 heavy (non-hydrogen) atoms. The molecule has 3 aliphatic heterocycles. The summed E-state index contributed by atoms with van der Waals surface area (Å²) in [6.07, 6.45) is -12.9. The van der Waals surface area contributed by atoms with Gasteiger partial charge < -0.3 is 10.1 Å². The predicted molar refractivity (Wildman–Crippen MR) is 150 cm³/mol. The molecule has 2 fully saturated rings. The molecule has 1 amide bonds. The zero-order chi connectivity index (χ0) is 34.2. The third-order valence-corrected chi connectivity index (χ3v) is 9.57. The van der Waals surface area contributed by atoms with Crippen molar-refractivity contribution in [2.45, 2.75) is 88.7 Å². The number of rotatable bonds is 5. The third-order valence-electron chi connectivity index (χ3n) is 9.57. The van der Waals surface area contributed by atoms with E-state index in [9.17, 15) is 44.3 Å². The van der Waals surface area contributed by atoms with Crippen molar-refractivity contribution in [2.24, 2.45) is 13.0 Å². The van der Waals surface area contributed by atoms with Crippen molar-refractivity contribution in [1.29, 1.82) is 0 Å². The van der Waals surface area contributed by atoms with E-state index in [4.69, 9.17) is 4.74 Å². The van der Waals surface area contributed by atoms with E-state index in [0.29, 0.717) is 47.5 Å². The molecule has 4 aliphatic rings. The number of nitrogens with zero attached hydrogens (tertiary/aromatic N) is 4. The highest BCUT2D eigenvalue weighted by atomic mass is 19.4. The van der Waals surface area contributed by atoms with Gasteiger partial charge in [0, 0.05) is 30.4 Å². The summed E-state index contributed by atoms with van der Waals surface area (Å²) in [7, 11) is 1.38. The molecule has 1 N–H and O–H groups in total. The number of pyridine rings is 1. The van der Waals surface area contributed by atoms with E-state index >= 15 is 0 Å². The number of cyclic esters (lactones) is 1. The van der Waals surface area contributed by atoms with Crippen molar-refractivity contribution >= 4 is 11.9 Å². The number of aromatic nitrogens is 3. The SMILES string of the molecule is CCC1CC2CCC1Nc1ncc(-c3cc(C(F)(F)F)nn3C)c2c1CN1C(=O)O[C@H](c2cc(C(F)(F)F)cc(C(F)(F)F)c2)[C@@H]1C. The lowest BCUT2D eigenvalue weighted by atomic mass is 9.70. The largest absolute Gasteiger partial charge is 0.439 e. The Morgan fingerprint density at radius 2 is 1.62 bits per heavy atom. The lowest BCUT2D eigenvalue weighted by molar-refractivity contribution is -0.143. The molecule has 4 bridgehead atoms. The first-order valence-corrected chi connectivity index (χ1v) is 15.0. The molecule has 254 valence electrons. The van der Waals surface area contributed by atoms with Crippen molar-refractivity contribution in [3.8, 4) is 11.3 Å². The number of benzene rings is 1. The van der Waals surface area contributed by atoms with E-state index in [0.717, 1.165) is 23.6 Å². The molecule has 1 saturated carbocycles. The number of hydrogen-bond acceptors (Lipinski definition) is 5. The van der Waals surface area contributed by atoms with E-state index < -0.39 is 59.2 Å². The highest BCUT2D eigenvalue weighted by molar-refractivity contribution is 5.74. The van der Waals surface area contributed by atoms with Gasteiger partial charge in [-0.05, 0) is 73.4 Å². The van der Waals surface area contributed by atoms with Crippen LogP contribution in [0.1, 0.15) is 85.1 Å². The topological polar surface area (TPSA) is 72.3 Å². The number of ether oxygens (including phenoxy) is 1. The number of anilines is 1. The highest BCUT2D eigenvalue weighted by Gasteiger charge is 2.45. The van der Waals surface area contributed by atoms with E-state index in [2.05, 4.69) is 15.4 Å². The lowest BCUT2D eigenvalue weighted by Gasteiger charge is -2.42. The molecule has 1 aromatic carbocycles. The minimum absolute atomic E-state index is 0.00379. The maximum absolute atomic E-state index is 13.6. The van der Waals surface area contributed by atoms with Crippen LogP contribution in [-0.2, 0) is 36.9 Å². The van der Waals surface area contributed by atoms with Crippen LogP contribution in [0.5, 0.6) is 0 Å². The zero-order valence-corrected chi connectivity index (χ0v) is 25.3. The average Bonchev–Trinajstić information content (AvgIpc) is 3.51. The molecule has 2 aromatic heterocycles. The third kappa shape index (κ3) is 5.99. The van der Waals surface area contributed by atoms with Gasteiger partial charge >= 0.3 is 24.6 Å². The Morgan fingerprint density at radius 3 is 2.19 bits per heavy atom. The Hall–Kier alpha value is -3.98. The molecule has 3 aromatic rings. The molecule has 5 atom stereocenters. The molecule has 1 saturated heterocycles. The van der Waals surface area contributed by atoms with Gasteiger partial charge in [0.2, 0.25) is 0 Å². The van der Waals surface area contributed by atoms with Crippen LogP contribution in [0.15, 0.2) is 30.5 Å². The number of aryl methyl sites for hydroxylation is 1. The Bertz CT molecular complexity index is 1670. The normalized spacial score (nSPS) is 24.6. The summed E-state index contributed by atoms with van der Waals surface area (Å²) in [6.45, 7) is 3.29. The van der Waals surface area contributed by atoms with Gasteiger partial charge in [-0.2, -0.15) is 44.6 Å². The van der Waals surface area contributed by atoms with Crippen LogP contribution >= 0.6 is 0 Å². The fourth-order valence-electron chi connectivity index (χ4n) is 7.20. The van der Waals surface area contributed by atoms with Crippen LogP contribution in [0.2, 0.25) is 0 Å². The number of nitrogens with one attached hydrogen (secondary N) is 1. The van der Waals surface area contributed by atoms with Crippen molar-refractivity contribution in [3.63, 3.8) is 0 Å². The smallest absolute Gasteiger partial charge is 0.435 e. The Labute approximate surface area is 263 Å². The molecule has 5 heterocycles. The molecule has 3 unspecified atom stereocenters. The van der Waals surface area contributed by atoms with E-state index in [1.807, 2.05) is 6.92 Å². The molecule has 0 spiro atoms. The summed E-state index contributed by atoms with van der Waals surface area (Å²) in [4.78, 5) is 19.1. The first kappa shape index (κ1) is 32.9. The molecule has 7 rings (SSSR count). The molecular weight excluding hydrogens is 645 g/mol. The van der Waals surface area contributed by atoms with Gasteiger partial charge in [-0.15, -0.1) is 0 Å². The fourth-order valence-corrected chi connectivity index (χ4v) is 7.20. The maximum atomic E-state index is 13.6. The minimum atomic E-state index is -5.09. The van der Waals surface area contributed by atoms with Crippen molar-refractivity contribution < 1.29 is 49.0 Å². The van der Waals surface area contributed by atoms with Crippen molar-refractivity contribution in [1.82, 2.24) is 19.7 Å². The van der Waals surface area contributed by atoms with Crippen LogP contribution in [0.4, 0.5) is 50.1 Å². The van der Waals surface area contributed by atoms with Gasteiger partial charge in [-0.3, -0.25) is 9.58 Å². The Morgan fingerprint density at radius 1 is 0.957 bits per heavy atom. The van der Waals surface area contributed by atoms with Crippen LogP contribution in [0, 0.1) is 5.92 Å². The second kappa shape index (κ2) is 11.3. The Balaban J connectivity index is 1.43. The lowest BCUT2D eigenvalue weighted by Crippen LogP contribution is -2.39. The first-order chi connectivity index (χ1) is 21.9. The highest BCUT2D eigenvalue weighted by Crippen LogP contribution is 2.49. The second-order valence-electron chi connectivity index (χ2n) is 12.4. The van der Waals surface area contributed by atoms with Crippen LogP contribution in [-0.4, -0.2) is 37.8 Å². The maximum Gasteiger partial charge on any atom is 0.435 e. The molecule has 1 aliphatic carbocycles. The van der Waals surface area contributed by atoms with Gasteiger partial charge in [0.1, 0.15) is 11.9 Å². The van der Waals surface area contributed by atoms with E-state index in [-0.39, 0.29) is 36.2 Å². The fraction of sp³-hybridized carbons (Fsp3) is 0.516. The quantitative estimate of drug-likeness (QED) is 0.274. The van der Waals surface area contributed by atoms with Gasteiger partial charge in [-0.1, -0.05) is 13.3 Å². The predicted octanol–water partition coefficient (Wildman–Crippen LogP) is 8.71. The Kier molecular flexibility index (Phi) is 7.94. The summed E-state index contributed by atoms with van der Waals surface area (Å²) < 4.78 is 129. The summed E-state index contributed by atoms with van der Waals surface area (Å²) in [5, 5.41) is 7.11. The van der Waals surface area contributed by atoms with Crippen molar-refractivity contribution in [2.75, 3.05) is 5.32 Å². The van der Waals surface area contributed by atoms with E-state index in [1.54, 1.807) is 0 Å². The number of halogens is 9. The summed E-state index contributed by atoms with van der Waals surface area (Å²) in [5.74, 6) is 0.504. The van der Waals surface area contributed by atoms with Gasteiger partial charge in [0.25, 0.3) is 0 Å². The first-order valence-electron chi connectivity index (χ1n) is 15.0. The average molecular weight is 676 g/mol. The summed E-state index contributed by atoms with van der Waals surface area (Å²) in [6, 6.07) is 1.03. The van der Waals surface area contributed by atoms with Crippen molar-refractivity contribution in [3.05, 3.63) is 64.0 Å². The number of carbonyl (C=O) groups is 1. The second-order valence-corrected chi connectivity index (χ2v) is 12.4. The van der Waals surface area contributed by atoms with Crippen LogP contribution < -0.4 is 5.32 Å². The standard InChI is InChI=1S/C31H30F9N5O2/c1-4-15-7-16-5-6-22(15)42-27-21(25(16)20(12-41-27)23-11-24(31(38,39)40)43-44(23)3)13-45-14(2)26(47-28(45)46)17-8-18(29(32,33)34)10-19(9-17)30(35,36)37/h8-12,14-16,22,26H,4-7,13H2,1-3H3,(H,41,42)/t14-,15?,16?,22?,26-/m0/s1. The molecule has 0 radical (unpaired) electrons. The van der Waals surface area contributed by atoms with Gasteiger partial charge in [0.15, 0.2) is 5.69 Å². The molecular formula is C31H30F9N5O2. The summed E-state index contributed by atoms with van der Waals surface area (Å²) >= 11 is 0. The number of amides is 1. The number of carbonyl (C=O) groups excluding carboxylic acids is 1. The van der Waals surface area contributed by atoms with Gasteiger partial charge in [-0.25, -0.2) is 9.78 Å². The molecule has 16 heteroatoms. The number of alkyl halides is 9. The van der Waals surface area contributed by atoms with Crippen LogP contribution in [0.3, 0.4) is 0 Å². The molecule has 7 nitrogen and oxygen atoms in total. The monoisotopic (exact) mass is 675 g/mol. The number of fused-ring (bicyclic) bond motifs is 2. The minimum Gasteiger partial charge on any atom is -0.439 e. The van der Waals surface area contributed by atoms with E-state index in [1.165, 1.54) is 25.1 Å². The summed E-state index contributed by atoms with van der Waals surface area (Å²) in [5.41, 5.74) is -2.93. The van der Waals surface area contributed by atoms with Gasteiger partial charge in [0.05, 0.1) is 29.4 Å².